The lowest BCUT2D eigenvalue weighted by molar-refractivity contribution is 0.0389. The van der Waals surface area contributed by atoms with Crippen molar-refractivity contribution in [2.75, 3.05) is 39.4 Å². The van der Waals surface area contributed by atoms with Crippen LogP contribution in [0, 0.1) is 6.92 Å². The molecule has 2 rings (SSSR count). The zero-order valence-electron chi connectivity index (χ0n) is 18.2. The summed E-state index contributed by atoms with van der Waals surface area (Å²) in [4.78, 5) is 7.19. The molecule has 1 aromatic rings. The molecule has 0 aromatic carbocycles. The van der Waals surface area contributed by atoms with E-state index in [0.29, 0.717) is 12.6 Å². The van der Waals surface area contributed by atoms with Crippen molar-refractivity contribution in [3.05, 3.63) is 11.6 Å². The van der Waals surface area contributed by atoms with Gasteiger partial charge in [-0.1, -0.05) is 32.6 Å². The molecule has 2 heterocycles. The Bertz CT molecular complexity index is 581. The van der Waals surface area contributed by atoms with Gasteiger partial charge in [-0.05, 0) is 20.3 Å². The molecule has 28 heavy (non-hydrogen) atoms. The highest BCUT2D eigenvalue weighted by Crippen LogP contribution is 2.05. The van der Waals surface area contributed by atoms with Crippen LogP contribution < -0.4 is 10.6 Å². The van der Waals surface area contributed by atoms with Crippen molar-refractivity contribution < 1.29 is 4.74 Å². The SMILES string of the molecule is CCCCCCC(C)NC(=NCc1nnc(C)n1C)NCCN1CCOCC1. The van der Waals surface area contributed by atoms with Crippen LogP contribution in [-0.2, 0) is 18.3 Å². The van der Waals surface area contributed by atoms with Crippen molar-refractivity contribution in [3.63, 3.8) is 0 Å². The van der Waals surface area contributed by atoms with Crippen LogP contribution in [0.15, 0.2) is 4.99 Å². The molecule has 8 heteroatoms. The molecule has 1 atom stereocenters. The van der Waals surface area contributed by atoms with Gasteiger partial charge in [-0.15, -0.1) is 10.2 Å². The Balaban J connectivity index is 1.85. The number of guanidine groups is 1. The molecular weight excluding hydrogens is 354 g/mol. The van der Waals surface area contributed by atoms with E-state index in [1.54, 1.807) is 0 Å². The number of aryl methyl sites for hydroxylation is 1. The molecule has 160 valence electrons. The lowest BCUT2D eigenvalue weighted by Gasteiger charge is -2.27. The summed E-state index contributed by atoms with van der Waals surface area (Å²) in [6.45, 7) is 12.5. The van der Waals surface area contributed by atoms with Gasteiger partial charge in [-0.25, -0.2) is 4.99 Å². The standard InChI is InChI=1S/C20H39N7O/c1-5-6-7-8-9-17(2)23-20(21-10-11-27-12-14-28-15-13-27)22-16-19-25-24-18(3)26(19)4/h17H,5-16H2,1-4H3,(H2,21,22,23). The maximum atomic E-state index is 5.42. The molecule has 1 saturated heterocycles. The summed E-state index contributed by atoms with van der Waals surface area (Å²) < 4.78 is 7.41. The Hall–Kier alpha value is -1.67. The summed E-state index contributed by atoms with van der Waals surface area (Å²) >= 11 is 0. The number of ether oxygens (including phenoxy) is 1. The first-order chi connectivity index (χ1) is 13.6. The maximum absolute atomic E-state index is 5.42. The minimum Gasteiger partial charge on any atom is -0.379 e. The number of rotatable bonds is 11. The summed E-state index contributed by atoms with van der Waals surface area (Å²) in [5.41, 5.74) is 0. The van der Waals surface area contributed by atoms with E-state index in [1.807, 2.05) is 18.5 Å². The third kappa shape index (κ3) is 8.14. The number of hydrogen-bond donors (Lipinski definition) is 2. The van der Waals surface area contributed by atoms with Gasteiger partial charge < -0.3 is 19.9 Å². The quantitative estimate of drug-likeness (QED) is 0.339. The zero-order valence-corrected chi connectivity index (χ0v) is 18.2. The number of nitrogens with zero attached hydrogens (tertiary/aromatic N) is 5. The van der Waals surface area contributed by atoms with Crippen LogP contribution in [-0.4, -0.2) is 71.1 Å². The van der Waals surface area contributed by atoms with E-state index in [-0.39, 0.29) is 0 Å². The first-order valence-electron chi connectivity index (χ1n) is 10.8. The number of aromatic nitrogens is 3. The van der Waals surface area contributed by atoms with Gasteiger partial charge in [0.1, 0.15) is 12.4 Å². The van der Waals surface area contributed by atoms with E-state index in [9.17, 15) is 0 Å². The molecule has 0 spiro atoms. The van der Waals surface area contributed by atoms with E-state index in [1.165, 1.54) is 25.7 Å². The van der Waals surface area contributed by atoms with Gasteiger partial charge in [-0.3, -0.25) is 4.90 Å². The number of morpholine rings is 1. The van der Waals surface area contributed by atoms with Gasteiger partial charge in [0, 0.05) is 39.3 Å². The first-order valence-corrected chi connectivity index (χ1v) is 10.8. The number of hydrogen-bond acceptors (Lipinski definition) is 5. The van der Waals surface area contributed by atoms with Gasteiger partial charge in [0.25, 0.3) is 0 Å². The number of nitrogens with one attached hydrogen (secondary N) is 2. The van der Waals surface area contributed by atoms with E-state index in [4.69, 9.17) is 9.73 Å². The number of unbranched alkanes of at least 4 members (excludes halogenated alkanes) is 3. The summed E-state index contributed by atoms with van der Waals surface area (Å²) in [5, 5.41) is 15.4. The molecule has 1 aliphatic heterocycles. The predicted molar refractivity (Wildman–Crippen MR) is 113 cm³/mol. The average molecular weight is 394 g/mol. The monoisotopic (exact) mass is 393 g/mol. The smallest absolute Gasteiger partial charge is 0.191 e. The first kappa shape index (κ1) is 22.6. The lowest BCUT2D eigenvalue weighted by Crippen LogP contribution is -2.46. The van der Waals surface area contributed by atoms with Crippen LogP contribution in [0.3, 0.4) is 0 Å². The van der Waals surface area contributed by atoms with Crippen LogP contribution in [0.1, 0.15) is 57.6 Å². The molecule has 1 aromatic heterocycles. The van der Waals surface area contributed by atoms with Crippen LogP contribution in [0.4, 0.5) is 0 Å². The topological polar surface area (TPSA) is 79.6 Å². The average Bonchev–Trinajstić information content (AvgIpc) is 3.02. The minimum absolute atomic E-state index is 0.396. The normalized spacial score (nSPS) is 16.9. The van der Waals surface area contributed by atoms with Crippen molar-refractivity contribution in [1.82, 2.24) is 30.3 Å². The van der Waals surface area contributed by atoms with Crippen molar-refractivity contribution in [2.24, 2.45) is 12.0 Å². The molecule has 0 bridgehead atoms. The fourth-order valence-corrected chi connectivity index (χ4v) is 3.23. The minimum atomic E-state index is 0.396. The van der Waals surface area contributed by atoms with Crippen molar-refractivity contribution >= 4 is 5.96 Å². The summed E-state index contributed by atoms with van der Waals surface area (Å²) in [6, 6.07) is 0.396. The highest BCUT2D eigenvalue weighted by molar-refractivity contribution is 5.80. The third-order valence-corrected chi connectivity index (χ3v) is 5.26. The van der Waals surface area contributed by atoms with E-state index >= 15 is 0 Å². The van der Waals surface area contributed by atoms with Crippen LogP contribution >= 0.6 is 0 Å². The molecule has 1 fully saturated rings. The highest BCUT2D eigenvalue weighted by Gasteiger charge is 2.11. The fraction of sp³-hybridized carbons (Fsp3) is 0.850. The third-order valence-electron chi connectivity index (χ3n) is 5.26. The molecule has 8 nitrogen and oxygen atoms in total. The second-order valence-electron chi connectivity index (χ2n) is 7.66. The van der Waals surface area contributed by atoms with Crippen LogP contribution in [0.25, 0.3) is 0 Å². The largest absolute Gasteiger partial charge is 0.379 e. The summed E-state index contributed by atoms with van der Waals surface area (Å²) in [5.74, 6) is 2.64. The highest BCUT2D eigenvalue weighted by atomic mass is 16.5. The van der Waals surface area contributed by atoms with Crippen molar-refractivity contribution in [1.29, 1.82) is 0 Å². The second-order valence-corrected chi connectivity index (χ2v) is 7.66. The summed E-state index contributed by atoms with van der Waals surface area (Å²) in [6.07, 6.45) is 6.31. The zero-order chi connectivity index (χ0) is 20.2. The van der Waals surface area contributed by atoms with E-state index in [2.05, 4.69) is 39.6 Å². The Morgan fingerprint density at radius 2 is 2.00 bits per heavy atom. The Morgan fingerprint density at radius 3 is 2.68 bits per heavy atom. The molecular formula is C20H39N7O. The molecule has 0 saturated carbocycles. The number of aliphatic imine (C=N–C) groups is 1. The Labute approximate surface area is 170 Å². The van der Waals surface area contributed by atoms with E-state index < -0.39 is 0 Å². The van der Waals surface area contributed by atoms with Gasteiger partial charge in [0.05, 0.1) is 13.2 Å². The second kappa shape index (κ2) is 12.7. The van der Waals surface area contributed by atoms with Gasteiger partial charge in [0.2, 0.25) is 0 Å². The van der Waals surface area contributed by atoms with Gasteiger partial charge in [-0.2, -0.15) is 0 Å². The maximum Gasteiger partial charge on any atom is 0.191 e. The lowest BCUT2D eigenvalue weighted by atomic mass is 10.1. The molecule has 2 N–H and O–H groups in total. The van der Waals surface area contributed by atoms with E-state index in [0.717, 1.165) is 63.4 Å². The Morgan fingerprint density at radius 1 is 1.21 bits per heavy atom. The Kier molecular flexibility index (Phi) is 10.3. The molecule has 0 aliphatic carbocycles. The van der Waals surface area contributed by atoms with Gasteiger partial charge >= 0.3 is 0 Å². The molecule has 1 unspecified atom stereocenters. The van der Waals surface area contributed by atoms with Gasteiger partial charge in [0.15, 0.2) is 11.8 Å². The summed E-state index contributed by atoms with van der Waals surface area (Å²) in [7, 11) is 1.98. The van der Waals surface area contributed by atoms with Crippen molar-refractivity contribution in [3.8, 4) is 0 Å². The molecule has 1 aliphatic rings. The van der Waals surface area contributed by atoms with Crippen LogP contribution in [0.5, 0.6) is 0 Å². The van der Waals surface area contributed by atoms with Crippen LogP contribution in [0.2, 0.25) is 0 Å². The fourth-order valence-electron chi connectivity index (χ4n) is 3.23. The van der Waals surface area contributed by atoms with Crippen molar-refractivity contribution in [2.45, 2.75) is 65.5 Å². The predicted octanol–water partition coefficient (Wildman–Crippen LogP) is 1.85. The molecule has 0 radical (unpaired) electrons. The molecule has 0 amide bonds.